The van der Waals surface area contributed by atoms with Crippen molar-refractivity contribution < 1.29 is 18.0 Å². The van der Waals surface area contributed by atoms with Crippen LogP contribution in [0.3, 0.4) is 0 Å². The minimum absolute atomic E-state index is 0.130. The molecule has 2 aliphatic rings. The fraction of sp³-hybridized carbons (Fsp3) is 0.522. The van der Waals surface area contributed by atoms with Crippen molar-refractivity contribution in [1.29, 1.82) is 0 Å². The highest BCUT2D eigenvalue weighted by Crippen LogP contribution is 2.41. The number of carbonyl (C=O) groups excluding carboxylic acids is 1. The number of pyridine rings is 1. The molecule has 2 saturated carbocycles. The summed E-state index contributed by atoms with van der Waals surface area (Å²) in [7, 11) is 1.90. The summed E-state index contributed by atoms with van der Waals surface area (Å²) in [5, 5.41) is 7.40. The van der Waals surface area contributed by atoms with Crippen molar-refractivity contribution in [1.82, 2.24) is 19.2 Å². The number of ketones is 1. The van der Waals surface area contributed by atoms with E-state index >= 15 is 0 Å². The van der Waals surface area contributed by atoms with Crippen LogP contribution in [0.15, 0.2) is 30.6 Å². The Balaban J connectivity index is 0.000000183. The van der Waals surface area contributed by atoms with Crippen LogP contribution in [0.1, 0.15) is 73.1 Å². The zero-order chi connectivity index (χ0) is 23.8. The molecule has 0 bridgehead atoms. The Labute approximate surface area is 190 Å². The van der Waals surface area contributed by atoms with Crippen LogP contribution in [0.2, 0.25) is 0 Å². The van der Waals surface area contributed by atoms with Crippen LogP contribution in [0.5, 0.6) is 0 Å². The van der Waals surface area contributed by atoms with Crippen molar-refractivity contribution in [2.24, 2.45) is 12.8 Å². The maximum absolute atomic E-state index is 12.7. The second-order valence-corrected chi connectivity index (χ2v) is 8.92. The van der Waals surface area contributed by atoms with Gasteiger partial charge in [-0.15, -0.1) is 0 Å². The number of aromatic nitrogens is 4. The van der Waals surface area contributed by atoms with Crippen LogP contribution >= 0.6 is 0 Å². The smallest absolute Gasteiger partial charge is 0.368 e. The first kappa shape index (κ1) is 23.3. The molecule has 2 fully saturated rings. The molecule has 3 aromatic rings. The van der Waals surface area contributed by atoms with Crippen molar-refractivity contribution >= 4 is 17.2 Å². The first-order valence-electron chi connectivity index (χ1n) is 11.2. The summed E-state index contributed by atoms with van der Waals surface area (Å²) in [6.07, 6.45) is 4.43. The summed E-state index contributed by atoms with van der Waals surface area (Å²) in [6.45, 7) is 1.60. The van der Waals surface area contributed by atoms with Gasteiger partial charge in [-0.3, -0.25) is 13.9 Å². The molecule has 0 amide bonds. The van der Waals surface area contributed by atoms with E-state index in [9.17, 15) is 18.0 Å². The Hall–Kier alpha value is -2.88. The normalized spacial score (nSPS) is 20.9. The monoisotopic (exact) mass is 462 g/mol. The molecule has 2 aliphatic carbocycles. The average Bonchev–Trinajstić information content (AvgIpc) is 3.34. The van der Waals surface area contributed by atoms with Crippen molar-refractivity contribution in [3.8, 4) is 0 Å². The summed E-state index contributed by atoms with van der Waals surface area (Å²) < 4.78 is 41.5. The molecule has 3 N–H and O–H groups in total. The summed E-state index contributed by atoms with van der Waals surface area (Å²) in [5.74, 6) is 1.36. The zero-order valence-corrected chi connectivity index (χ0v) is 18.8. The molecule has 0 radical (unpaired) electrons. The topological polar surface area (TPSA) is 90.2 Å². The summed E-state index contributed by atoms with van der Waals surface area (Å²) in [6, 6.07) is 5.52. The first-order chi connectivity index (χ1) is 15.6. The van der Waals surface area contributed by atoms with E-state index in [0.29, 0.717) is 17.4 Å². The van der Waals surface area contributed by atoms with Gasteiger partial charge in [-0.05, 0) is 57.6 Å². The number of halogens is 3. The van der Waals surface area contributed by atoms with Gasteiger partial charge in [0.05, 0.1) is 17.5 Å². The number of nitrogens with one attached hydrogen (secondary N) is 1. The van der Waals surface area contributed by atoms with Crippen LogP contribution in [-0.2, 0) is 13.2 Å². The molecule has 10 heteroatoms. The second-order valence-electron chi connectivity index (χ2n) is 8.92. The second kappa shape index (κ2) is 9.17. The van der Waals surface area contributed by atoms with Gasteiger partial charge < -0.3 is 11.1 Å². The number of rotatable bonds is 4. The fourth-order valence-corrected chi connectivity index (χ4v) is 4.30. The lowest BCUT2D eigenvalue weighted by Gasteiger charge is -2.27. The van der Waals surface area contributed by atoms with Gasteiger partial charge in [-0.1, -0.05) is 6.07 Å². The molecule has 0 spiro atoms. The number of Topliss-reactive ketones (excluding diaryl/α,β-unsaturated/α-hetero) is 1. The Morgan fingerprint density at radius 1 is 1.15 bits per heavy atom. The maximum atomic E-state index is 12.7. The van der Waals surface area contributed by atoms with Crippen molar-refractivity contribution in [2.75, 3.05) is 5.32 Å². The third-order valence-corrected chi connectivity index (χ3v) is 6.23. The lowest BCUT2D eigenvalue weighted by Crippen LogP contribution is -2.33. The number of fused-ring (bicyclic) bond motifs is 1. The van der Waals surface area contributed by atoms with Crippen LogP contribution in [-0.4, -0.2) is 37.0 Å². The van der Waals surface area contributed by atoms with Gasteiger partial charge >= 0.3 is 6.18 Å². The number of nitrogens with zero attached hydrogens (tertiary/aromatic N) is 4. The Morgan fingerprint density at radius 3 is 2.45 bits per heavy atom. The largest absolute Gasteiger partial charge is 0.434 e. The summed E-state index contributed by atoms with van der Waals surface area (Å²) in [5.41, 5.74) is 7.22. The molecule has 178 valence electrons. The molecule has 0 atom stereocenters. The van der Waals surface area contributed by atoms with E-state index in [1.807, 2.05) is 11.7 Å². The lowest BCUT2D eigenvalue weighted by molar-refractivity contribution is -0.140. The van der Waals surface area contributed by atoms with Crippen LogP contribution < -0.4 is 11.1 Å². The SMILES string of the molecule is CC(=O)c1cnn(C)c1C1CC1.NC1CCC(Nc2cccc3nc(C(F)(F)F)cn23)CC1. The van der Waals surface area contributed by atoms with E-state index in [2.05, 4.69) is 15.4 Å². The third kappa shape index (κ3) is 5.38. The van der Waals surface area contributed by atoms with E-state index in [0.717, 1.165) is 43.1 Å². The number of alkyl halides is 3. The Bertz CT molecular complexity index is 1120. The van der Waals surface area contributed by atoms with Gasteiger partial charge in [0, 0.05) is 31.2 Å². The van der Waals surface area contributed by atoms with Gasteiger partial charge in [0.15, 0.2) is 11.5 Å². The number of aryl methyl sites for hydroxylation is 1. The minimum atomic E-state index is -4.43. The van der Waals surface area contributed by atoms with Crippen molar-refractivity contribution in [2.45, 2.75) is 69.6 Å². The van der Waals surface area contributed by atoms with Crippen LogP contribution in [0, 0.1) is 0 Å². The maximum Gasteiger partial charge on any atom is 0.434 e. The summed E-state index contributed by atoms with van der Waals surface area (Å²) in [4.78, 5) is 14.8. The molecule has 33 heavy (non-hydrogen) atoms. The highest BCUT2D eigenvalue weighted by molar-refractivity contribution is 5.95. The van der Waals surface area contributed by atoms with Gasteiger partial charge in [0.1, 0.15) is 11.5 Å². The summed E-state index contributed by atoms with van der Waals surface area (Å²) >= 11 is 0. The zero-order valence-electron chi connectivity index (χ0n) is 18.8. The van der Waals surface area contributed by atoms with E-state index in [1.165, 1.54) is 17.2 Å². The van der Waals surface area contributed by atoms with Crippen molar-refractivity contribution in [3.05, 3.63) is 47.5 Å². The number of nitrogens with two attached hydrogens (primary N) is 1. The average molecular weight is 463 g/mol. The number of carbonyl (C=O) groups is 1. The van der Waals surface area contributed by atoms with Crippen molar-refractivity contribution in [3.63, 3.8) is 0 Å². The Kier molecular flexibility index (Phi) is 6.47. The minimum Gasteiger partial charge on any atom is -0.368 e. The predicted molar refractivity (Wildman–Crippen MR) is 119 cm³/mol. The highest BCUT2D eigenvalue weighted by atomic mass is 19.4. The molecule has 3 heterocycles. The predicted octanol–water partition coefficient (Wildman–Crippen LogP) is 4.54. The van der Waals surface area contributed by atoms with Gasteiger partial charge in [0.25, 0.3) is 0 Å². The number of imidazole rings is 1. The molecule has 3 aromatic heterocycles. The quantitative estimate of drug-likeness (QED) is 0.556. The van der Waals surface area contributed by atoms with Crippen LogP contribution in [0.4, 0.5) is 19.0 Å². The molecule has 0 aliphatic heterocycles. The van der Waals surface area contributed by atoms with Gasteiger partial charge in [0.2, 0.25) is 0 Å². The highest BCUT2D eigenvalue weighted by Gasteiger charge is 2.34. The molecule has 7 nitrogen and oxygen atoms in total. The number of hydrogen-bond acceptors (Lipinski definition) is 5. The van der Waals surface area contributed by atoms with Gasteiger partial charge in [-0.25, -0.2) is 4.98 Å². The molecular weight excluding hydrogens is 433 g/mol. The third-order valence-electron chi connectivity index (χ3n) is 6.23. The van der Waals surface area contributed by atoms with Gasteiger partial charge in [-0.2, -0.15) is 18.3 Å². The Morgan fingerprint density at radius 2 is 1.85 bits per heavy atom. The van der Waals surface area contributed by atoms with E-state index in [1.54, 1.807) is 31.3 Å². The first-order valence-corrected chi connectivity index (χ1v) is 11.2. The molecule has 0 unspecified atom stereocenters. The number of anilines is 1. The number of hydrogen-bond donors (Lipinski definition) is 2. The van der Waals surface area contributed by atoms with Crippen LogP contribution in [0.25, 0.3) is 5.65 Å². The molecule has 5 rings (SSSR count). The van der Waals surface area contributed by atoms with E-state index < -0.39 is 11.9 Å². The lowest BCUT2D eigenvalue weighted by atomic mass is 9.92. The standard InChI is InChI=1S/C14H17F3N4.C9H12N2O/c15-14(16,17)11-8-21-12(2-1-3-13(21)20-11)19-10-6-4-9(18)5-7-10;1-6(12)8-5-10-11(2)9(8)7-3-4-7/h1-3,8-10,19H,4-7,18H2;5,7H,3-4H2,1-2H3. The molecule has 0 aromatic carbocycles. The van der Waals surface area contributed by atoms with E-state index in [-0.39, 0.29) is 17.9 Å². The van der Waals surface area contributed by atoms with E-state index in [4.69, 9.17) is 5.73 Å². The molecule has 0 saturated heterocycles. The molecular formula is C23H29F3N6O. The fourth-order valence-electron chi connectivity index (χ4n) is 4.30.